The van der Waals surface area contributed by atoms with Gasteiger partial charge in [0.05, 0.1) is 18.3 Å². The lowest BCUT2D eigenvalue weighted by Crippen LogP contribution is -2.41. The van der Waals surface area contributed by atoms with Crippen LogP contribution in [0.5, 0.6) is 11.6 Å². The third-order valence-corrected chi connectivity index (χ3v) is 6.34. The molecule has 8 nitrogen and oxygen atoms in total. The molecule has 1 aliphatic heterocycles. The van der Waals surface area contributed by atoms with E-state index in [1.165, 1.54) is 0 Å². The molecule has 2 aromatic carbocycles. The second kappa shape index (κ2) is 8.29. The van der Waals surface area contributed by atoms with Gasteiger partial charge in [-0.2, -0.15) is 0 Å². The van der Waals surface area contributed by atoms with Gasteiger partial charge in [-0.05, 0) is 55.8 Å². The molecular weight excluding hydrogens is 420 g/mol. The lowest BCUT2D eigenvalue weighted by atomic mass is 9.93. The number of aromatic nitrogens is 3. The third-order valence-electron chi connectivity index (χ3n) is 6.34. The monoisotopic (exact) mass is 446 g/mol. The second-order valence-corrected chi connectivity index (χ2v) is 8.10. The van der Waals surface area contributed by atoms with Crippen molar-refractivity contribution in [2.24, 2.45) is 0 Å². The quantitative estimate of drug-likeness (QED) is 0.437. The number of nitrogens with zero attached hydrogens (tertiary/aromatic N) is 2. The minimum atomic E-state index is -0.693. The van der Waals surface area contributed by atoms with Gasteiger partial charge in [-0.15, -0.1) is 0 Å². The molecule has 0 bridgehead atoms. The Labute approximate surface area is 190 Å². The zero-order valence-electron chi connectivity index (χ0n) is 18.6. The summed E-state index contributed by atoms with van der Waals surface area (Å²) in [5.41, 5.74) is 2.31. The molecule has 5 rings (SSSR count). The van der Waals surface area contributed by atoms with Crippen LogP contribution in [-0.2, 0) is 6.42 Å². The van der Waals surface area contributed by atoms with Crippen LogP contribution in [0.3, 0.4) is 0 Å². The van der Waals surface area contributed by atoms with Crippen molar-refractivity contribution in [2.45, 2.75) is 26.3 Å². The average molecular weight is 447 g/mol. The van der Waals surface area contributed by atoms with E-state index < -0.39 is 17.3 Å². The minimum Gasteiger partial charge on any atom is -0.494 e. The molecule has 3 N–H and O–H groups in total. The molecular formula is C25H26N4O4. The maximum atomic E-state index is 13.1. The first-order valence-corrected chi connectivity index (χ1v) is 11.2. The van der Waals surface area contributed by atoms with E-state index in [9.17, 15) is 14.7 Å². The number of aromatic hydroxyl groups is 1. The topological polar surface area (TPSA) is 103 Å². The fourth-order valence-electron chi connectivity index (χ4n) is 4.84. The SMILES string of the molecule is CCOc1ccc(-n2c(O)c([C@H]3c4[nH]c5ccccc5c4CCN3CC)c(=O)[nH]c2=O)cc1. The fraction of sp³-hybridized carbons (Fsp3) is 0.280. The number of aromatic amines is 2. The van der Waals surface area contributed by atoms with Crippen LogP contribution in [0.15, 0.2) is 58.1 Å². The van der Waals surface area contributed by atoms with Gasteiger partial charge in [-0.3, -0.25) is 14.7 Å². The standard InChI is InChI=1S/C25H26N4O4/c1-3-28-14-13-18-17-7-5-6-8-19(17)26-21(18)22(28)20-23(30)27-25(32)29(24(20)31)15-9-11-16(12-10-15)33-4-2/h5-12,22,26,31H,3-4,13-14H2,1-2H3,(H,27,30,32)/t22-/m0/s1. The Hall–Kier alpha value is -3.78. The molecule has 170 valence electrons. The van der Waals surface area contributed by atoms with E-state index in [0.29, 0.717) is 24.6 Å². The lowest BCUT2D eigenvalue weighted by molar-refractivity contribution is 0.215. The Bertz CT molecular complexity index is 1430. The smallest absolute Gasteiger partial charge is 0.335 e. The highest BCUT2D eigenvalue weighted by Crippen LogP contribution is 2.39. The summed E-state index contributed by atoms with van der Waals surface area (Å²) in [7, 11) is 0. The van der Waals surface area contributed by atoms with E-state index in [1.54, 1.807) is 24.3 Å². The second-order valence-electron chi connectivity index (χ2n) is 8.10. The molecule has 0 amide bonds. The number of fused-ring (bicyclic) bond motifs is 3. The van der Waals surface area contributed by atoms with Gasteiger partial charge >= 0.3 is 5.69 Å². The molecule has 4 aromatic rings. The summed E-state index contributed by atoms with van der Waals surface area (Å²) < 4.78 is 6.61. The number of nitrogens with one attached hydrogen (secondary N) is 2. The normalized spacial score (nSPS) is 16.1. The van der Waals surface area contributed by atoms with E-state index in [0.717, 1.165) is 39.7 Å². The van der Waals surface area contributed by atoms with Crippen molar-refractivity contribution in [3.8, 4) is 17.3 Å². The Morgan fingerprint density at radius 2 is 1.82 bits per heavy atom. The summed E-state index contributed by atoms with van der Waals surface area (Å²) in [6.45, 7) is 5.85. The van der Waals surface area contributed by atoms with E-state index in [2.05, 4.69) is 20.9 Å². The van der Waals surface area contributed by atoms with E-state index in [-0.39, 0.29) is 11.4 Å². The molecule has 0 fully saturated rings. The first-order valence-electron chi connectivity index (χ1n) is 11.2. The van der Waals surface area contributed by atoms with Crippen LogP contribution >= 0.6 is 0 Å². The molecule has 3 heterocycles. The van der Waals surface area contributed by atoms with Crippen molar-refractivity contribution in [1.29, 1.82) is 0 Å². The average Bonchev–Trinajstić information content (AvgIpc) is 3.19. The number of para-hydroxylation sites is 1. The van der Waals surface area contributed by atoms with Crippen LogP contribution in [-0.4, -0.2) is 44.2 Å². The van der Waals surface area contributed by atoms with Crippen molar-refractivity contribution >= 4 is 10.9 Å². The highest BCUT2D eigenvalue weighted by Gasteiger charge is 2.35. The zero-order valence-corrected chi connectivity index (χ0v) is 18.6. The fourth-order valence-corrected chi connectivity index (χ4v) is 4.84. The van der Waals surface area contributed by atoms with Gasteiger partial charge in [0, 0.05) is 23.1 Å². The van der Waals surface area contributed by atoms with E-state index in [4.69, 9.17) is 4.74 Å². The van der Waals surface area contributed by atoms with Crippen LogP contribution in [0.2, 0.25) is 0 Å². The third kappa shape index (κ3) is 3.43. The summed E-state index contributed by atoms with van der Waals surface area (Å²) >= 11 is 0. The lowest BCUT2D eigenvalue weighted by Gasteiger charge is -2.35. The number of hydrogen-bond donors (Lipinski definition) is 3. The summed E-state index contributed by atoms with van der Waals surface area (Å²) in [5, 5.41) is 12.4. The first kappa shape index (κ1) is 21.1. The van der Waals surface area contributed by atoms with Crippen LogP contribution in [0.4, 0.5) is 0 Å². The highest BCUT2D eigenvalue weighted by molar-refractivity contribution is 5.85. The van der Waals surface area contributed by atoms with Gasteiger partial charge in [0.1, 0.15) is 11.3 Å². The summed E-state index contributed by atoms with van der Waals surface area (Å²) in [4.78, 5) is 33.8. The molecule has 1 atom stereocenters. The number of ether oxygens (including phenoxy) is 1. The van der Waals surface area contributed by atoms with Crippen molar-refractivity contribution < 1.29 is 9.84 Å². The first-order chi connectivity index (χ1) is 16.0. The van der Waals surface area contributed by atoms with E-state index in [1.807, 2.05) is 32.0 Å². The maximum Gasteiger partial charge on any atom is 0.335 e. The molecule has 0 radical (unpaired) electrons. The molecule has 1 aliphatic rings. The summed E-state index contributed by atoms with van der Waals surface area (Å²) in [5.74, 6) is 0.299. The number of rotatable bonds is 5. The van der Waals surface area contributed by atoms with Crippen LogP contribution in [0.1, 0.15) is 36.7 Å². The molecule has 0 unspecified atom stereocenters. The number of hydrogen-bond acceptors (Lipinski definition) is 5. The predicted molar refractivity (Wildman–Crippen MR) is 127 cm³/mol. The maximum absolute atomic E-state index is 13.1. The van der Waals surface area contributed by atoms with Gasteiger partial charge in [-0.25, -0.2) is 9.36 Å². The Balaban J connectivity index is 1.72. The molecule has 0 saturated carbocycles. The van der Waals surface area contributed by atoms with Gasteiger partial charge in [0.25, 0.3) is 5.56 Å². The highest BCUT2D eigenvalue weighted by atomic mass is 16.5. The molecule has 0 saturated heterocycles. The summed E-state index contributed by atoms with van der Waals surface area (Å²) in [6.07, 6.45) is 0.834. The minimum absolute atomic E-state index is 0.151. The molecule has 0 aliphatic carbocycles. The molecule has 33 heavy (non-hydrogen) atoms. The van der Waals surface area contributed by atoms with Gasteiger partial charge in [0.2, 0.25) is 5.88 Å². The van der Waals surface area contributed by atoms with Crippen LogP contribution in [0, 0.1) is 0 Å². The van der Waals surface area contributed by atoms with Crippen molar-refractivity contribution in [3.63, 3.8) is 0 Å². The predicted octanol–water partition coefficient (Wildman–Crippen LogP) is 3.08. The number of H-pyrrole nitrogens is 2. The largest absolute Gasteiger partial charge is 0.494 e. The van der Waals surface area contributed by atoms with Gasteiger partial charge in [0.15, 0.2) is 0 Å². The molecule has 8 heteroatoms. The van der Waals surface area contributed by atoms with Crippen LogP contribution in [0.25, 0.3) is 16.6 Å². The Kier molecular flexibility index (Phi) is 5.30. The molecule has 0 spiro atoms. The zero-order chi connectivity index (χ0) is 23.1. The Morgan fingerprint density at radius 3 is 2.55 bits per heavy atom. The van der Waals surface area contributed by atoms with Gasteiger partial charge < -0.3 is 14.8 Å². The Morgan fingerprint density at radius 1 is 1.06 bits per heavy atom. The molecule has 2 aromatic heterocycles. The van der Waals surface area contributed by atoms with Gasteiger partial charge in [-0.1, -0.05) is 25.1 Å². The summed E-state index contributed by atoms with van der Waals surface area (Å²) in [6, 6.07) is 14.3. The van der Waals surface area contributed by atoms with E-state index >= 15 is 0 Å². The van der Waals surface area contributed by atoms with Crippen molar-refractivity contribution in [3.05, 3.63) is 86.2 Å². The van der Waals surface area contributed by atoms with Crippen LogP contribution < -0.4 is 16.0 Å². The number of likely N-dealkylation sites (N-methyl/N-ethyl adjacent to an activating group) is 1. The van der Waals surface area contributed by atoms with Crippen molar-refractivity contribution in [2.75, 3.05) is 19.7 Å². The van der Waals surface area contributed by atoms with Crippen molar-refractivity contribution in [1.82, 2.24) is 19.4 Å². The number of benzene rings is 2.